The van der Waals surface area contributed by atoms with Crippen LogP contribution in [-0.2, 0) is 0 Å². The molecule has 0 atom stereocenters. The Labute approximate surface area is 99.1 Å². The molecule has 0 unspecified atom stereocenters. The Hall–Kier alpha value is -1.98. The van der Waals surface area contributed by atoms with Crippen LogP contribution < -0.4 is 16.1 Å². The van der Waals surface area contributed by atoms with E-state index in [0.717, 1.165) is 17.1 Å². The fourth-order valence-corrected chi connectivity index (χ4v) is 2.01. The van der Waals surface area contributed by atoms with Gasteiger partial charge < -0.3 is 20.7 Å². The number of hydrogen-bond donors (Lipinski definition) is 4. The molecule has 0 spiro atoms. The summed E-state index contributed by atoms with van der Waals surface area (Å²) in [4.78, 5) is 0. The molecule has 0 saturated carbocycles. The maximum absolute atomic E-state index is 9.32. The monoisotopic (exact) mass is 226 g/mol. The van der Waals surface area contributed by atoms with Crippen molar-refractivity contribution in [2.45, 2.75) is 0 Å². The Morgan fingerprint density at radius 1 is 0.765 bits per heavy atom. The number of para-hydroxylation sites is 3. The number of benzene rings is 2. The van der Waals surface area contributed by atoms with Crippen LogP contribution in [0.2, 0.25) is 0 Å². The Bertz CT molecular complexity index is 572. The Balaban J connectivity index is 2.12. The number of nitrogens with one attached hydrogen (secondary N) is 2. The van der Waals surface area contributed by atoms with Crippen LogP contribution in [0.1, 0.15) is 0 Å². The van der Waals surface area contributed by atoms with E-state index in [4.69, 9.17) is 0 Å². The van der Waals surface area contributed by atoms with E-state index in [1.807, 2.05) is 30.3 Å². The van der Waals surface area contributed by atoms with Crippen molar-refractivity contribution in [3.8, 4) is 0 Å². The van der Waals surface area contributed by atoms with E-state index in [1.165, 1.54) is 0 Å². The average molecular weight is 226 g/mol. The summed E-state index contributed by atoms with van der Waals surface area (Å²) in [6.45, 7) is 0. The zero-order chi connectivity index (χ0) is 11.8. The van der Waals surface area contributed by atoms with Crippen LogP contribution in [0.4, 0.5) is 22.7 Å². The predicted molar refractivity (Wildman–Crippen MR) is 69.3 cm³/mol. The lowest BCUT2D eigenvalue weighted by Crippen LogP contribution is -2.33. The van der Waals surface area contributed by atoms with E-state index in [9.17, 15) is 10.0 Å². The normalized spacial score (nSPS) is 11.9. The second kappa shape index (κ2) is 3.80. The first-order valence-corrected chi connectivity index (χ1v) is 5.38. The molecule has 0 bridgehead atoms. The minimum atomic E-state index is -1.48. The topological polar surface area (TPSA) is 64.5 Å². The largest absolute Gasteiger partial charge is 0.490 e. The molecule has 84 valence electrons. The van der Waals surface area contributed by atoms with Gasteiger partial charge in [-0.2, -0.15) is 0 Å². The third-order valence-corrected chi connectivity index (χ3v) is 2.83. The van der Waals surface area contributed by atoms with Crippen LogP contribution in [0.15, 0.2) is 42.5 Å². The van der Waals surface area contributed by atoms with Crippen LogP contribution >= 0.6 is 0 Å². The van der Waals surface area contributed by atoms with Gasteiger partial charge in [0.25, 0.3) is 0 Å². The molecule has 1 aliphatic rings. The van der Waals surface area contributed by atoms with Crippen LogP contribution in [0.3, 0.4) is 0 Å². The zero-order valence-corrected chi connectivity index (χ0v) is 9.01. The van der Waals surface area contributed by atoms with Crippen molar-refractivity contribution in [3.05, 3.63) is 42.5 Å². The van der Waals surface area contributed by atoms with Gasteiger partial charge in [0, 0.05) is 5.46 Å². The van der Waals surface area contributed by atoms with Gasteiger partial charge in [-0.15, -0.1) is 0 Å². The summed E-state index contributed by atoms with van der Waals surface area (Å²) in [5.41, 5.74) is 3.91. The van der Waals surface area contributed by atoms with Crippen molar-refractivity contribution >= 4 is 35.3 Å². The summed E-state index contributed by atoms with van der Waals surface area (Å²) in [6.07, 6.45) is 0. The first-order valence-electron chi connectivity index (χ1n) is 5.38. The lowest BCUT2D eigenvalue weighted by atomic mass is 9.78. The van der Waals surface area contributed by atoms with Crippen LogP contribution in [0, 0.1) is 0 Å². The minimum Gasteiger partial charge on any atom is -0.423 e. The summed E-state index contributed by atoms with van der Waals surface area (Å²) in [6, 6.07) is 13.1. The molecule has 0 amide bonds. The third kappa shape index (κ3) is 1.65. The number of anilines is 4. The van der Waals surface area contributed by atoms with Gasteiger partial charge in [0.2, 0.25) is 0 Å². The quantitative estimate of drug-likeness (QED) is 0.470. The van der Waals surface area contributed by atoms with Gasteiger partial charge in [-0.05, 0) is 18.2 Å². The van der Waals surface area contributed by atoms with Gasteiger partial charge in [0.05, 0.1) is 22.7 Å². The maximum Gasteiger partial charge on any atom is 0.490 e. The molecule has 0 saturated heterocycles. The minimum absolute atomic E-state index is 0.463. The van der Waals surface area contributed by atoms with E-state index in [0.29, 0.717) is 11.2 Å². The standard InChI is InChI=1S/C12H11BN2O2/c16-13(17)8-4-3-7-11-12(8)15-10-6-2-1-5-9(10)14-11/h1-7,14-17H. The molecular formula is C12H11BN2O2. The lowest BCUT2D eigenvalue weighted by Gasteiger charge is -2.25. The second-order valence-electron chi connectivity index (χ2n) is 3.94. The van der Waals surface area contributed by atoms with E-state index in [2.05, 4.69) is 10.6 Å². The smallest absolute Gasteiger partial charge is 0.423 e. The maximum atomic E-state index is 9.32. The first kappa shape index (κ1) is 10.2. The fraction of sp³-hybridized carbons (Fsp3) is 0. The summed E-state index contributed by atoms with van der Waals surface area (Å²) in [7, 11) is -1.48. The Morgan fingerprint density at radius 3 is 2.12 bits per heavy atom. The highest BCUT2D eigenvalue weighted by molar-refractivity contribution is 6.61. The summed E-state index contributed by atoms with van der Waals surface area (Å²) in [5.74, 6) is 0. The average Bonchev–Trinajstić information content (AvgIpc) is 2.35. The van der Waals surface area contributed by atoms with E-state index in [-0.39, 0.29) is 0 Å². The van der Waals surface area contributed by atoms with E-state index < -0.39 is 7.12 Å². The van der Waals surface area contributed by atoms with Crippen molar-refractivity contribution in [2.24, 2.45) is 0 Å². The van der Waals surface area contributed by atoms with Gasteiger partial charge in [0.15, 0.2) is 0 Å². The molecule has 5 heteroatoms. The van der Waals surface area contributed by atoms with Crippen molar-refractivity contribution < 1.29 is 10.0 Å². The molecule has 0 radical (unpaired) electrons. The van der Waals surface area contributed by atoms with Crippen LogP contribution in [0.5, 0.6) is 0 Å². The number of hydrogen-bond acceptors (Lipinski definition) is 4. The van der Waals surface area contributed by atoms with E-state index in [1.54, 1.807) is 12.1 Å². The molecule has 0 aliphatic carbocycles. The van der Waals surface area contributed by atoms with Gasteiger partial charge in [0.1, 0.15) is 0 Å². The van der Waals surface area contributed by atoms with Gasteiger partial charge >= 0.3 is 7.12 Å². The molecule has 4 nitrogen and oxygen atoms in total. The molecule has 3 rings (SSSR count). The van der Waals surface area contributed by atoms with Gasteiger partial charge in [-0.3, -0.25) is 0 Å². The Kier molecular flexibility index (Phi) is 2.28. The highest BCUT2D eigenvalue weighted by atomic mass is 16.4. The van der Waals surface area contributed by atoms with Gasteiger partial charge in [-0.1, -0.05) is 24.3 Å². The predicted octanol–water partition coefficient (Wildman–Crippen LogP) is 1.17. The second-order valence-corrected chi connectivity index (χ2v) is 3.94. The fourth-order valence-electron chi connectivity index (χ4n) is 2.01. The molecule has 1 heterocycles. The third-order valence-electron chi connectivity index (χ3n) is 2.83. The Morgan fingerprint density at radius 2 is 1.41 bits per heavy atom. The molecule has 2 aromatic rings. The first-order chi connectivity index (χ1) is 8.25. The molecule has 2 aromatic carbocycles. The van der Waals surface area contributed by atoms with Crippen molar-refractivity contribution in [2.75, 3.05) is 10.6 Å². The number of fused-ring (bicyclic) bond motifs is 2. The molecule has 17 heavy (non-hydrogen) atoms. The van der Waals surface area contributed by atoms with Crippen molar-refractivity contribution in [1.82, 2.24) is 0 Å². The van der Waals surface area contributed by atoms with Crippen LogP contribution in [-0.4, -0.2) is 17.2 Å². The SMILES string of the molecule is OB(O)c1cccc2c1Nc1ccccc1N2. The summed E-state index contributed by atoms with van der Waals surface area (Å²) in [5, 5.41) is 25.1. The van der Waals surface area contributed by atoms with Crippen molar-refractivity contribution in [3.63, 3.8) is 0 Å². The molecule has 4 N–H and O–H groups in total. The van der Waals surface area contributed by atoms with Crippen molar-refractivity contribution in [1.29, 1.82) is 0 Å². The summed E-state index contributed by atoms with van der Waals surface area (Å²) >= 11 is 0. The highest BCUT2D eigenvalue weighted by Gasteiger charge is 2.22. The highest BCUT2D eigenvalue weighted by Crippen LogP contribution is 2.36. The molecule has 1 aliphatic heterocycles. The molecular weight excluding hydrogens is 215 g/mol. The molecule has 0 fully saturated rings. The van der Waals surface area contributed by atoms with Gasteiger partial charge in [-0.25, -0.2) is 0 Å². The summed E-state index contributed by atoms with van der Waals surface area (Å²) < 4.78 is 0. The van der Waals surface area contributed by atoms with Crippen LogP contribution in [0.25, 0.3) is 0 Å². The molecule has 0 aromatic heterocycles. The number of rotatable bonds is 1. The lowest BCUT2D eigenvalue weighted by molar-refractivity contribution is 0.426. The zero-order valence-electron chi connectivity index (χ0n) is 9.01. The van der Waals surface area contributed by atoms with E-state index >= 15 is 0 Å².